The van der Waals surface area contributed by atoms with Crippen LogP contribution in [0, 0.1) is 0 Å². The minimum Gasteiger partial charge on any atom is -0.496 e. The van der Waals surface area contributed by atoms with Gasteiger partial charge in [0.2, 0.25) is 0 Å². The fourth-order valence-electron chi connectivity index (χ4n) is 3.73. The molecule has 5 aromatic rings. The molecule has 4 aromatic carbocycles. The highest BCUT2D eigenvalue weighted by molar-refractivity contribution is 6.38. The number of hydrogen-bond donors (Lipinski definition) is 0. The van der Waals surface area contributed by atoms with Crippen LogP contribution in [-0.4, -0.2) is 7.11 Å². The first-order valence-corrected chi connectivity index (χ1v) is 8.81. The second kappa shape index (κ2) is 5.79. The Hall–Kier alpha value is -2.97. The van der Waals surface area contributed by atoms with Gasteiger partial charge in [0.25, 0.3) is 0 Å². The highest BCUT2D eigenvalue weighted by Crippen LogP contribution is 2.42. The summed E-state index contributed by atoms with van der Waals surface area (Å²) in [5.41, 5.74) is 3.88. The molecule has 0 aliphatic rings. The lowest BCUT2D eigenvalue weighted by Crippen LogP contribution is -1.88. The molecule has 0 spiro atoms. The standard InChI is InChI=1S/C23H15ClO2/c1-25-19-13-12-15(14-6-2-3-7-16(14)19)17-8-4-10-20-22(17)23-18(24)9-5-11-21(23)26-20/h2-13H,1H3. The van der Waals surface area contributed by atoms with E-state index < -0.39 is 0 Å². The van der Waals surface area contributed by atoms with E-state index in [4.69, 9.17) is 20.8 Å². The Balaban J connectivity index is 1.95. The van der Waals surface area contributed by atoms with Crippen molar-refractivity contribution in [1.82, 2.24) is 0 Å². The summed E-state index contributed by atoms with van der Waals surface area (Å²) in [6.07, 6.45) is 0. The van der Waals surface area contributed by atoms with Crippen LogP contribution in [0.4, 0.5) is 0 Å². The van der Waals surface area contributed by atoms with E-state index in [0.29, 0.717) is 5.02 Å². The van der Waals surface area contributed by atoms with Gasteiger partial charge < -0.3 is 9.15 Å². The van der Waals surface area contributed by atoms with Crippen molar-refractivity contribution >= 4 is 44.3 Å². The van der Waals surface area contributed by atoms with Gasteiger partial charge in [-0.2, -0.15) is 0 Å². The zero-order chi connectivity index (χ0) is 17.7. The van der Waals surface area contributed by atoms with Gasteiger partial charge in [-0.15, -0.1) is 0 Å². The number of rotatable bonds is 2. The Labute approximate surface area is 155 Å². The van der Waals surface area contributed by atoms with Gasteiger partial charge in [0.15, 0.2) is 0 Å². The van der Waals surface area contributed by atoms with Crippen molar-refractivity contribution in [2.75, 3.05) is 7.11 Å². The van der Waals surface area contributed by atoms with Gasteiger partial charge in [0.1, 0.15) is 16.9 Å². The molecule has 0 saturated carbocycles. The Morgan fingerprint density at radius 1 is 0.692 bits per heavy atom. The van der Waals surface area contributed by atoms with Gasteiger partial charge in [-0.3, -0.25) is 0 Å². The largest absolute Gasteiger partial charge is 0.496 e. The van der Waals surface area contributed by atoms with Crippen LogP contribution in [0.25, 0.3) is 43.8 Å². The zero-order valence-electron chi connectivity index (χ0n) is 14.1. The molecule has 0 fully saturated rings. The maximum Gasteiger partial charge on any atom is 0.136 e. The third-order valence-electron chi connectivity index (χ3n) is 4.87. The van der Waals surface area contributed by atoms with E-state index in [1.165, 1.54) is 0 Å². The van der Waals surface area contributed by atoms with Crippen LogP contribution in [0.1, 0.15) is 0 Å². The molecule has 0 N–H and O–H groups in total. The molecule has 0 unspecified atom stereocenters. The van der Waals surface area contributed by atoms with Crippen molar-refractivity contribution in [3.63, 3.8) is 0 Å². The van der Waals surface area contributed by atoms with Gasteiger partial charge >= 0.3 is 0 Å². The maximum absolute atomic E-state index is 6.52. The first kappa shape index (κ1) is 15.3. The van der Waals surface area contributed by atoms with Crippen molar-refractivity contribution in [2.45, 2.75) is 0 Å². The quantitative estimate of drug-likeness (QED) is 0.336. The highest BCUT2D eigenvalue weighted by atomic mass is 35.5. The summed E-state index contributed by atoms with van der Waals surface area (Å²) in [6, 6.07) is 24.3. The van der Waals surface area contributed by atoms with Gasteiger partial charge in [-0.05, 0) is 40.8 Å². The summed E-state index contributed by atoms with van der Waals surface area (Å²) >= 11 is 6.52. The molecular formula is C23H15ClO2. The summed E-state index contributed by atoms with van der Waals surface area (Å²) in [5, 5.41) is 4.93. The number of ether oxygens (including phenoxy) is 1. The van der Waals surface area contributed by atoms with Gasteiger partial charge in [0, 0.05) is 16.2 Å². The Morgan fingerprint density at radius 3 is 2.23 bits per heavy atom. The van der Waals surface area contributed by atoms with E-state index in [0.717, 1.165) is 49.6 Å². The minimum absolute atomic E-state index is 0.700. The molecular weight excluding hydrogens is 344 g/mol. The molecule has 26 heavy (non-hydrogen) atoms. The van der Waals surface area contributed by atoms with Gasteiger partial charge in [-0.25, -0.2) is 0 Å². The number of benzene rings is 4. The summed E-state index contributed by atoms with van der Waals surface area (Å²) in [7, 11) is 1.70. The molecule has 0 atom stereocenters. The van der Waals surface area contributed by atoms with E-state index in [2.05, 4.69) is 24.3 Å². The Morgan fingerprint density at radius 2 is 1.42 bits per heavy atom. The van der Waals surface area contributed by atoms with E-state index in [1.807, 2.05) is 48.5 Å². The second-order valence-electron chi connectivity index (χ2n) is 6.25. The molecule has 3 heteroatoms. The smallest absolute Gasteiger partial charge is 0.136 e. The first-order chi connectivity index (χ1) is 12.8. The SMILES string of the molecule is COc1ccc(-c2cccc3oc4cccc(Cl)c4c23)c2ccccc12. The molecule has 0 aliphatic heterocycles. The van der Waals surface area contributed by atoms with Crippen LogP contribution < -0.4 is 4.74 Å². The van der Waals surface area contributed by atoms with Crippen LogP contribution in [0.15, 0.2) is 77.2 Å². The van der Waals surface area contributed by atoms with Crippen LogP contribution in [-0.2, 0) is 0 Å². The van der Waals surface area contributed by atoms with E-state index in [-0.39, 0.29) is 0 Å². The summed E-state index contributed by atoms with van der Waals surface area (Å²) < 4.78 is 11.6. The number of halogens is 1. The lowest BCUT2D eigenvalue weighted by Gasteiger charge is -2.11. The molecule has 1 aromatic heterocycles. The number of fused-ring (bicyclic) bond motifs is 4. The van der Waals surface area contributed by atoms with E-state index in [1.54, 1.807) is 7.11 Å². The molecule has 1 heterocycles. The van der Waals surface area contributed by atoms with Crippen molar-refractivity contribution < 1.29 is 9.15 Å². The molecule has 0 saturated heterocycles. The van der Waals surface area contributed by atoms with Crippen LogP contribution in [0.5, 0.6) is 5.75 Å². The minimum atomic E-state index is 0.700. The monoisotopic (exact) mass is 358 g/mol. The van der Waals surface area contributed by atoms with Gasteiger partial charge in [0.05, 0.1) is 12.1 Å². The van der Waals surface area contributed by atoms with Crippen LogP contribution in [0.3, 0.4) is 0 Å². The number of methoxy groups -OCH3 is 1. The summed E-state index contributed by atoms with van der Waals surface area (Å²) in [5.74, 6) is 0.867. The number of hydrogen-bond acceptors (Lipinski definition) is 2. The van der Waals surface area contributed by atoms with Crippen molar-refractivity contribution in [3.05, 3.63) is 77.8 Å². The zero-order valence-corrected chi connectivity index (χ0v) is 14.9. The molecule has 0 bridgehead atoms. The van der Waals surface area contributed by atoms with Crippen molar-refractivity contribution in [2.24, 2.45) is 0 Å². The summed E-state index contributed by atoms with van der Waals surface area (Å²) in [6.45, 7) is 0. The first-order valence-electron chi connectivity index (χ1n) is 8.44. The fraction of sp³-hybridized carbons (Fsp3) is 0.0435. The summed E-state index contributed by atoms with van der Waals surface area (Å²) in [4.78, 5) is 0. The average molecular weight is 359 g/mol. The Kier molecular flexibility index (Phi) is 3.41. The second-order valence-corrected chi connectivity index (χ2v) is 6.66. The third kappa shape index (κ3) is 2.12. The normalized spacial score (nSPS) is 11.5. The highest BCUT2D eigenvalue weighted by Gasteiger charge is 2.16. The topological polar surface area (TPSA) is 22.4 Å². The number of furan rings is 1. The average Bonchev–Trinajstić information content (AvgIpc) is 3.07. The lowest BCUT2D eigenvalue weighted by atomic mass is 9.94. The molecule has 5 rings (SSSR count). The van der Waals surface area contributed by atoms with Crippen molar-refractivity contribution in [1.29, 1.82) is 0 Å². The van der Waals surface area contributed by atoms with Crippen LogP contribution in [0.2, 0.25) is 5.02 Å². The predicted molar refractivity (Wildman–Crippen MR) is 108 cm³/mol. The third-order valence-corrected chi connectivity index (χ3v) is 5.18. The van der Waals surface area contributed by atoms with Gasteiger partial charge in [-0.1, -0.05) is 60.1 Å². The van der Waals surface area contributed by atoms with E-state index >= 15 is 0 Å². The predicted octanol–water partition coefficient (Wildman–Crippen LogP) is 7.07. The lowest BCUT2D eigenvalue weighted by molar-refractivity contribution is 0.420. The van der Waals surface area contributed by atoms with Crippen molar-refractivity contribution in [3.8, 4) is 16.9 Å². The molecule has 0 amide bonds. The Bertz CT molecular complexity index is 1280. The van der Waals surface area contributed by atoms with Crippen LogP contribution >= 0.6 is 11.6 Å². The molecule has 0 aliphatic carbocycles. The van der Waals surface area contributed by atoms with E-state index in [9.17, 15) is 0 Å². The molecule has 2 nitrogen and oxygen atoms in total. The fourth-order valence-corrected chi connectivity index (χ4v) is 3.99. The maximum atomic E-state index is 6.52. The molecule has 0 radical (unpaired) electrons. The molecule has 126 valence electrons.